The molecule has 1 aliphatic carbocycles. The molecule has 0 radical (unpaired) electrons. The fourth-order valence-corrected chi connectivity index (χ4v) is 4.34. The van der Waals surface area contributed by atoms with Crippen molar-refractivity contribution in [2.24, 2.45) is 16.7 Å². The largest absolute Gasteiger partial charge is 0.459 e. The van der Waals surface area contributed by atoms with Crippen LogP contribution >= 0.6 is 0 Å². The Morgan fingerprint density at radius 1 is 0.833 bits per heavy atom. The molecule has 0 aromatic heterocycles. The van der Waals surface area contributed by atoms with Gasteiger partial charge in [-0.2, -0.15) is 0 Å². The zero-order valence-corrected chi connectivity index (χ0v) is 21.2. The van der Waals surface area contributed by atoms with Crippen molar-refractivity contribution < 1.29 is 28.0 Å². The molecule has 0 heterocycles. The molecule has 0 bridgehead atoms. The normalized spacial score (nSPS) is 24.0. The van der Waals surface area contributed by atoms with E-state index in [1.165, 1.54) is 0 Å². The Morgan fingerprint density at radius 3 is 1.70 bits per heavy atom. The second kappa shape index (κ2) is 10.4. The predicted molar refractivity (Wildman–Crippen MR) is 121 cm³/mol. The van der Waals surface area contributed by atoms with Crippen LogP contribution in [0.5, 0.6) is 0 Å². The fourth-order valence-electron chi connectivity index (χ4n) is 4.34. The molecule has 0 N–H and O–H groups in total. The highest BCUT2D eigenvalue weighted by atomic mass is 16.5. The van der Waals surface area contributed by atoms with Crippen LogP contribution in [0.15, 0.2) is 0 Å². The van der Waals surface area contributed by atoms with Crippen LogP contribution in [0, 0.1) is 16.7 Å². The van der Waals surface area contributed by atoms with E-state index in [9.17, 15) is 9.59 Å². The third-order valence-corrected chi connectivity index (χ3v) is 8.75. The summed E-state index contributed by atoms with van der Waals surface area (Å²) in [6, 6.07) is 0. The Kier molecular flexibility index (Phi) is 9.37. The number of esters is 2. The Morgan fingerprint density at radius 2 is 1.27 bits per heavy atom. The molecule has 0 saturated heterocycles. The van der Waals surface area contributed by atoms with E-state index in [2.05, 4.69) is 41.8 Å². The van der Waals surface area contributed by atoms with Crippen molar-refractivity contribution in [2.75, 3.05) is 66.6 Å². The maximum Gasteiger partial charge on any atom is 0.312 e. The van der Waals surface area contributed by atoms with Gasteiger partial charge in [-0.25, -0.2) is 0 Å². The minimum atomic E-state index is -0.671. The molecule has 1 aliphatic rings. The van der Waals surface area contributed by atoms with Crippen molar-refractivity contribution in [1.82, 2.24) is 0 Å². The molecule has 0 aliphatic heterocycles. The van der Waals surface area contributed by atoms with Gasteiger partial charge in [-0.1, -0.05) is 13.8 Å². The maximum atomic E-state index is 13.1. The highest BCUT2D eigenvalue weighted by molar-refractivity contribution is 5.82. The Bertz CT molecular complexity index is 582. The van der Waals surface area contributed by atoms with Crippen molar-refractivity contribution in [3.05, 3.63) is 0 Å². The van der Waals surface area contributed by atoms with Crippen LogP contribution in [0.4, 0.5) is 0 Å². The first-order chi connectivity index (χ1) is 13.8. The molecule has 2 atom stereocenters. The Balaban J connectivity index is 2.70. The highest BCUT2D eigenvalue weighted by Gasteiger charge is 2.59. The van der Waals surface area contributed by atoms with Crippen LogP contribution in [0.3, 0.4) is 0 Å². The van der Waals surface area contributed by atoms with Crippen LogP contribution < -0.4 is 0 Å². The van der Waals surface area contributed by atoms with E-state index in [1.807, 2.05) is 20.8 Å². The zero-order chi connectivity index (χ0) is 23.2. The standard InChI is InChI=1S/C24H48N2O4/c1-10-25(8,11-2)16-18-29-21(27)20-14-15-24(7,23(20,5)6)22(28)30-19-17-26(9,12-3)13-4/h20H,10-19H2,1-9H3/q+2/t20-,24+/m1/s1. The second-order valence-corrected chi connectivity index (χ2v) is 10.4. The molecule has 0 unspecified atom stereocenters. The van der Waals surface area contributed by atoms with Gasteiger partial charge in [0.1, 0.15) is 26.3 Å². The van der Waals surface area contributed by atoms with Gasteiger partial charge in [-0.3, -0.25) is 9.59 Å². The summed E-state index contributed by atoms with van der Waals surface area (Å²) in [5.41, 5.74) is -1.17. The first-order valence-electron chi connectivity index (χ1n) is 11.9. The molecule has 6 nitrogen and oxygen atoms in total. The summed E-state index contributed by atoms with van der Waals surface area (Å²) in [7, 11) is 4.36. The number of quaternary nitrogens is 2. The number of rotatable bonds is 12. The molecule has 1 fully saturated rings. The summed E-state index contributed by atoms with van der Waals surface area (Å²) in [6.45, 7) is 21.2. The third kappa shape index (κ3) is 5.76. The third-order valence-electron chi connectivity index (χ3n) is 8.75. The van der Waals surface area contributed by atoms with Gasteiger partial charge in [0.25, 0.3) is 0 Å². The number of hydrogen-bond acceptors (Lipinski definition) is 4. The fraction of sp³-hybridized carbons (Fsp3) is 0.917. The molecule has 176 valence electrons. The molecule has 6 heteroatoms. The van der Waals surface area contributed by atoms with Gasteiger partial charge in [-0.05, 0) is 52.9 Å². The summed E-state index contributed by atoms with van der Waals surface area (Å²) >= 11 is 0. The van der Waals surface area contributed by atoms with E-state index >= 15 is 0 Å². The van der Waals surface area contributed by atoms with Gasteiger partial charge in [0, 0.05) is 0 Å². The minimum absolute atomic E-state index is 0.170. The topological polar surface area (TPSA) is 52.6 Å². The van der Waals surface area contributed by atoms with Crippen LogP contribution in [-0.2, 0) is 19.1 Å². The van der Waals surface area contributed by atoms with Crippen LogP contribution in [0.25, 0.3) is 0 Å². The summed E-state index contributed by atoms with van der Waals surface area (Å²) in [6.07, 6.45) is 1.33. The van der Waals surface area contributed by atoms with Crippen LogP contribution in [0.1, 0.15) is 61.3 Å². The van der Waals surface area contributed by atoms with Crippen molar-refractivity contribution in [3.8, 4) is 0 Å². The van der Waals surface area contributed by atoms with E-state index in [-0.39, 0.29) is 17.9 Å². The molecule has 30 heavy (non-hydrogen) atoms. The van der Waals surface area contributed by atoms with E-state index < -0.39 is 10.8 Å². The molecule has 0 amide bonds. The average Bonchev–Trinajstić information content (AvgIpc) is 2.97. The molecule has 0 aromatic rings. The number of ether oxygens (including phenoxy) is 2. The summed E-state index contributed by atoms with van der Waals surface area (Å²) in [4.78, 5) is 25.9. The minimum Gasteiger partial charge on any atom is -0.459 e. The molecule has 1 saturated carbocycles. The Hall–Kier alpha value is -1.14. The van der Waals surface area contributed by atoms with Crippen LogP contribution in [0.2, 0.25) is 0 Å². The van der Waals surface area contributed by atoms with E-state index in [1.54, 1.807) is 0 Å². The van der Waals surface area contributed by atoms with Gasteiger partial charge in [0.15, 0.2) is 0 Å². The van der Waals surface area contributed by atoms with Gasteiger partial charge in [0.2, 0.25) is 0 Å². The van der Waals surface area contributed by atoms with E-state index in [0.29, 0.717) is 26.1 Å². The summed E-state index contributed by atoms with van der Waals surface area (Å²) < 4.78 is 13.2. The maximum absolute atomic E-state index is 13.1. The quantitative estimate of drug-likeness (QED) is 0.353. The highest BCUT2D eigenvalue weighted by Crippen LogP contribution is 2.56. The predicted octanol–water partition coefficient (Wildman–Crippen LogP) is 3.49. The SMILES string of the molecule is CC[N+](C)(CC)CCOC(=O)[C@H]1CC[C@@](C)(C(=O)OCC[N+](C)(CC)CC)C1(C)C. The number of likely N-dealkylation sites (N-methyl/N-ethyl adjacent to an activating group) is 2. The van der Waals surface area contributed by atoms with Crippen molar-refractivity contribution >= 4 is 11.9 Å². The van der Waals surface area contributed by atoms with Crippen molar-refractivity contribution in [3.63, 3.8) is 0 Å². The molecule has 0 spiro atoms. The Labute approximate surface area is 185 Å². The zero-order valence-electron chi connectivity index (χ0n) is 21.2. The lowest BCUT2D eigenvalue weighted by Crippen LogP contribution is -2.48. The summed E-state index contributed by atoms with van der Waals surface area (Å²) in [5, 5.41) is 0. The molecule has 1 rings (SSSR count). The smallest absolute Gasteiger partial charge is 0.312 e. The monoisotopic (exact) mass is 428 g/mol. The van der Waals surface area contributed by atoms with Crippen LogP contribution in [-0.4, -0.2) is 87.5 Å². The molecule has 0 aromatic carbocycles. The molecular weight excluding hydrogens is 380 g/mol. The van der Waals surface area contributed by atoms with E-state index in [0.717, 1.165) is 48.2 Å². The van der Waals surface area contributed by atoms with Crippen molar-refractivity contribution in [1.29, 1.82) is 0 Å². The number of hydrogen-bond donors (Lipinski definition) is 0. The first kappa shape index (κ1) is 26.9. The van der Waals surface area contributed by atoms with Gasteiger partial charge < -0.3 is 18.4 Å². The number of carbonyl (C=O) groups excluding carboxylic acids is 2. The van der Waals surface area contributed by atoms with Gasteiger partial charge in [-0.15, -0.1) is 0 Å². The summed E-state index contributed by atoms with van der Waals surface area (Å²) in [5.74, 6) is -0.622. The molecular formula is C24H48N2O4+2. The van der Waals surface area contributed by atoms with E-state index in [4.69, 9.17) is 9.47 Å². The van der Waals surface area contributed by atoms with Gasteiger partial charge in [0.05, 0.1) is 51.6 Å². The number of carbonyl (C=O) groups is 2. The lowest BCUT2D eigenvalue weighted by molar-refractivity contribution is -0.906. The second-order valence-electron chi connectivity index (χ2n) is 10.4. The number of nitrogens with zero attached hydrogens (tertiary/aromatic N) is 2. The average molecular weight is 429 g/mol. The van der Waals surface area contributed by atoms with Gasteiger partial charge >= 0.3 is 11.9 Å². The first-order valence-corrected chi connectivity index (χ1v) is 11.9. The van der Waals surface area contributed by atoms with Crippen molar-refractivity contribution in [2.45, 2.75) is 61.3 Å². The lowest BCUT2D eigenvalue weighted by atomic mass is 9.65. The lowest BCUT2D eigenvalue weighted by Gasteiger charge is -2.39.